The van der Waals surface area contributed by atoms with Crippen molar-refractivity contribution in [3.63, 3.8) is 0 Å². The highest BCUT2D eigenvalue weighted by Gasteiger charge is 2.49. The van der Waals surface area contributed by atoms with E-state index in [2.05, 4.69) is 15.9 Å². The second kappa shape index (κ2) is 5.96. The number of hydrogen-bond acceptors (Lipinski definition) is 3. The second-order valence-corrected chi connectivity index (χ2v) is 4.46. The summed E-state index contributed by atoms with van der Waals surface area (Å²) in [6, 6.07) is 2.27. The van der Waals surface area contributed by atoms with Crippen molar-refractivity contribution in [3.8, 4) is 11.5 Å². The predicted octanol–water partition coefficient (Wildman–Crippen LogP) is 3.40. The summed E-state index contributed by atoms with van der Waals surface area (Å²) in [5.74, 6) is -4.63. The lowest BCUT2D eigenvalue weighted by atomic mass is 10.0. The fourth-order valence-electron chi connectivity index (χ4n) is 1.42. The lowest BCUT2D eigenvalue weighted by Gasteiger charge is -2.24. The van der Waals surface area contributed by atoms with Gasteiger partial charge in [0.25, 0.3) is 0 Å². The molecule has 1 atom stereocenters. The van der Waals surface area contributed by atoms with E-state index in [-0.39, 0.29) is 11.5 Å². The maximum Gasteiger partial charge on any atom is 0.336 e. The zero-order valence-corrected chi connectivity index (χ0v) is 11.5. The molecule has 0 aromatic heterocycles. The first-order chi connectivity index (χ1) is 8.75. The van der Waals surface area contributed by atoms with Crippen molar-refractivity contribution >= 4 is 15.9 Å². The lowest BCUT2D eigenvalue weighted by Crippen LogP contribution is -2.34. The Morgan fingerprint density at radius 1 is 1.16 bits per heavy atom. The Morgan fingerprint density at radius 2 is 1.68 bits per heavy atom. The molecular weight excluding hydrogens is 336 g/mol. The van der Waals surface area contributed by atoms with Gasteiger partial charge in [-0.15, -0.1) is 0 Å². The zero-order chi connectivity index (χ0) is 14.8. The fourth-order valence-corrected chi connectivity index (χ4v) is 1.91. The van der Waals surface area contributed by atoms with Crippen LogP contribution in [0.15, 0.2) is 16.6 Å². The van der Waals surface area contributed by atoms with Crippen LogP contribution in [-0.4, -0.2) is 31.7 Å². The van der Waals surface area contributed by atoms with Crippen LogP contribution in [0.4, 0.5) is 17.6 Å². The van der Waals surface area contributed by atoms with Crippen LogP contribution >= 0.6 is 15.9 Å². The number of ether oxygens (including phenoxy) is 2. The summed E-state index contributed by atoms with van der Waals surface area (Å²) in [5, 5.41) is 9.46. The molecule has 0 spiro atoms. The Balaban J connectivity index is 3.32. The molecule has 0 saturated carbocycles. The molecule has 0 aliphatic rings. The molecule has 0 amide bonds. The molecule has 1 N–H and O–H groups in total. The average Bonchev–Trinajstić information content (AvgIpc) is 2.37. The SMILES string of the molecule is COc1cc(C(O)C(F)(F)C(F)F)c(OC)cc1Br. The fraction of sp³-hybridized carbons (Fsp3) is 0.455. The van der Waals surface area contributed by atoms with Crippen molar-refractivity contribution in [2.24, 2.45) is 0 Å². The lowest BCUT2D eigenvalue weighted by molar-refractivity contribution is -0.194. The first-order valence-electron chi connectivity index (χ1n) is 5.01. The molecule has 1 aromatic rings. The van der Waals surface area contributed by atoms with Crippen LogP contribution in [0.1, 0.15) is 11.7 Å². The van der Waals surface area contributed by atoms with E-state index in [4.69, 9.17) is 9.47 Å². The molecule has 0 fully saturated rings. The van der Waals surface area contributed by atoms with Crippen LogP contribution in [0, 0.1) is 0 Å². The summed E-state index contributed by atoms with van der Waals surface area (Å²) < 4.78 is 60.9. The second-order valence-electron chi connectivity index (χ2n) is 3.61. The summed E-state index contributed by atoms with van der Waals surface area (Å²) in [6.45, 7) is 0. The molecular formula is C11H11BrF4O3. The summed E-state index contributed by atoms with van der Waals surface area (Å²) in [6.07, 6.45) is -6.70. The van der Waals surface area contributed by atoms with Crippen molar-refractivity contribution in [1.29, 1.82) is 0 Å². The molecule has 1 unspecified atom stereocenters. The number of rotatable bonds is 5. The van der Waals surface area contributed by atoms with Gasteiger partial charge in [0.2, 0.25) is 0 Å². The Morgan fingerprint density at radius 3 is 2.11 bits per heavy atom. The van der Waals surface area contributed by atoms with E-state index in [1.807, 2.05) is 0 Å². The first kappa shape index (κ1) is 16.0. The number of aliphatic hydroxyl groups excluding tert-OH is 1. The van der Waals surface area contributed by atoms with Gasteiger partial charge >= 0.3 is 12.3 Å². The molecule has 1 rings (SSSR count). The van der Waals surface area contributed by atoms with Crippen molar-refractivity contribution in [2.45, 2.75) is 18.5 Å². The maximum atomic E-state index is 13.2. The number of hydrogen-bond donors (Lipinski definition) is 1. The monoisotopic (exact) mass is 346 g/mol. The van der Waals surface area contributed by atoms with Crippen LogP contribution in [-0.2, 0) is 0 Å². The summed E-state index contributed by atoms with van der Waals surface area (Å²) in [7, 11) is 2.44. The third kappa shape index (κ3) is 3.11. The highest BCUT2D eigenvalue weighted by Crippen LogP contribution is 2.43. The minimum atomic E-state index is -4.59. The highest BCUT2D eigenvalue weighted by atomic mass is 79.9. The highest BCUT2D eigenvalue weighted by molar-refractivity contribution is 9.10. The minimum Gasteiger partial charge on any atom is -0.496 e. The number of halogens is 5. The standard InChI is InChI=1S/C11H11BrF4O3/c1-18-7-4-6(12)8(19-2)3-5(7)9(17)11(15,16)10(13)14/h3-4,9-10,17H,1-2H3. The quantitative estimate of drug-likeness (QED) is 0.830. The Hall–Kier alpha value is -1.02. The number of methoxy groups -OCH3 is 2. The van der Waals surface area contributed by atoms with E-state index in [0.29, 0.717) is 4.47 Å². The zero-order valence-electron chi connectivity index (χ0n) is 9.96. The normalized spacial score (nSPS) is 13.5. The van der Waals surface area contributed by atoms with Gasteiger partial charge in [-0.1, -0.05) is 0 Å². The molecule has 0 aliphatic heterocycles. The first-order valence-corrected chi connectivity index (χ1v) is 5.80. The molecule has 0 saturated heterocycles. The van der Waals surface area contributed by atoms with Gasteiger partial charge in [0.15, 0.2) is 6.10 Å². The van der Waals surface area contributed by atoms with Crippen LogP contribution in [0.25, 0.3) is 0 Å². The van der Waals surface area contributed by atoms with Gasteiger partial charge in [-0.3, -0.25) is 0 Å². The predicted molar refractivity (Wildman–Crippen MR) is 63.2 cm³/mol. The van der Waals surface area contributed by atoms with Crippen molar-refractivity contribution in [3.05, 3.63) is 22.2 Å². The number of aliphatic hydroxyl groups is 1. The van der Waals surface area contributed by atoms with E-state index in [1.165, 1.54) is 20.3 Å². The molecule has 19 heavy (non-hydrogen) atoms. The van der Waals surface area contributed by atoms with Crippen LogP contribution in [0.5, 0.6) is 11.5 Å². The van der Waals surface area contributed by atoms with E-state index < -0.39 is 24.0 Å². The largest absolute Gasteiger partial charge is 0.496 e. The third-order valence-corrected chi connectivity index (χ3v) is 3.07. The Labute approximate surface area is 115 Å². The van der Waals surface area contributed by atoms with Crippen molar-refractivity contribution in [1.82, 2.24) is 0 Å². The van der Waals surface area contributed by atoms with Gasteiger partial charge in [0.1, 0.15) is 11.5 Å². The van der Waals surface area contributed by atoms with Crippen LogP contribution in [0.2, 0.25) is 0 Å². The Bertz CT molecular complexity index is 454. The van der Waals surface area contributed by atoms with Crippen molar-refractivity contribution in [2.75, 3.05) is 14.2 Å². The summed E-state index contributed by atoms with van der Waals surface area (Å²) >= 11 is 3.09. The third-order valence-electron chi connectivity index (χ3n) is 2.45. The number of benzene rings is 1. The molecule has 0 radical (unpaired) electrons. The smallest absolute Gasteiger partial charge is 0.336 e. The van der Waals surface area contributed by atoms with Gasteiger partial charge in [-0.25, -0.2) is 8.78 Å². The summed E-state index contributed by atoms with van der Waals surface area (Å²) in [5.41, 5.74) is -0.479. The van der Waals surface area contributed by atoms with E-state index in [1.54, 1.807) is 0 Å². The van der Waals surface area contributed by atoms with Gasteiger partial charge < -0.3 is 14.6 Å². The average molecular weight is 347 g/mol. The van der Waals surface area contributed by atoms with Crippen LogP contribution in [0.3, 0.4) is 0 Å². The molecule has 108 valence electrons. The molecule has 0 heterocycles. The van der Waals surface area contributed by atoms with E-state index in [0.717, 1.165) is 6.07 Å². The topological polar surface area (TPSA) is 38.7 Å². The maximum absolute atomic E-state index is 13.2. The van der Waals surface area contributed by atoms with Gasteiger partial charge in [0, 0.05) is 5.56 Å². The van der Waals surface area contributed by atoms with E-state index in [9.17, 15) is 22.7 Å². The summed E-state index contributed by atoms with van der Waals surface area (Å²) in [4.78, 5) is 0. The van der Waals surface area contributed by atoms with Crippen LogP contribution < -0.4 is 9.47 Å². The Kier molecular flexibility index (Phi) is 5.03. The van der Waals surface area contributed by atoms with Gasteiger partial charge in [-0.05, 0) is 28.1 Å². The molecule has 8 heteroatoms. The number of alkyl halides is 4. The molecule has 1 aromatic carbocycles. The minimum absolute atomic E-state index is 0.111. The van der Waals surface area contributed by atoms with Crippen molar-refractivity contribution < 1.29 is 32.1 Å². The van der Waals surface area contributed by atoms with E-state index >= 15 is 0 Å². The van der Waals surface area contributed by atoms with Gasteiger partial charge in [0.05, 0.1) is 18.7 Å². The molecule has 3 nitrogen and oxygen atoms in total. The molecule has 0 aliphatic carbocycles. The molecule has 0 bridgehead atoms. The van der Waals surface area contributed by atoms with Gasteiger partial charge in [-0.2, -0.15) is 8.78 Å².